The molecule has 3 rings (SSSR count). The predicted octanol–water partition coefficient (Wildman–Crippen LogP) is 1.35. The van der Waals surface area contributed by atoms with Gasteiger partial charge in [-0.25, -0.2) is 0 Å². The first-order chi connectivity index (χ1) is 11.1. The molecule has 0 radical (unpaired) electrons. The number of fused-ring (bicyclic) bond motifs is 1. The van der Waals surface area contributed by atoms with E-state index in [4.69, 9.17) is 13.3 Å². The smallest absolute Gasteiger partial charge is 0.195 e. The van der Waals surface area contributed by atoms with Crippen LogP contribution in [0.3, 0.4) is 0 Å². The van der Waals surface area contributed by atoms with Crippen molar-refractivity contribution in [1.29, 1.82) is 0 Å². The topological polar surface area (TPSA) is 88.4 Å². The van der Waals surface area contributed by atoms with Gasteiger partial charge in [-0.05, 0) is 11.5 Å². The van der Waals surface area contributed by atoms with Gasteiger partial charge < -0.3 is 28.6 Å². The molecule has 3 N–H and O–H groups in total. The Morgan fingerprint density at radius 2 is 1.74 bits per heavy atom. The molecule has 2 aromatic rings. The maximum atomic E-state index is 10.3. The molecule has 0 aromatic heterocycles. The standard InChI is InChI=1S/C16H17BrO6/c17-21-8-12-13(18)14(19)15(16(20)23-12)22-11-7-3-5-9-4-1-2-6-10(9)11/h1-7,12-16,18-20H,8H2/t12-,13-,14+,15+,16+/m1/s1. The molecule has 5 atom stereocenters. The minimum absolute atomic E-state index is 0.0176. The van der Waals surface area contributed by atoms with E-state index in [2.05, 4.69) is 16.3 Å². The zero-order chi connectivity index (χ0) is 16.4. The Morgan fingerprint density at radius 1 is 1.00 bits per heavy atom. The summed E-state index contributed by atoms with van der Waals surface area (Å²) < 4.78 is 15.7. The first-order valence-corrected chi connectivity index (χ1v) is 7.84. The van der Waals surface area contributed by atoms with Gasteiger partial charge in [-0.2, -0.15) is 0 Å². The van der Waals surface area contributed by atoms with Crippen LogP contribution in [0.5, 0.6) is 5.75 Å². The molecule has 0 spiro atoms. The Balaban J connectivity index is 1.84. The largest absolute Gasteiger partial charge is 0.482 e. The molecule has 0 saturated carbocycles. The lowest BCUT2D eigenvalue weighted by molar-refractivity contribution is -0.278. The molecule has 0 unspecified atom stereocenters. The lowest BCUT2D eigenvalue weighted by atomic mass is 9.99. The van der Waals surface area contributed by atoms with E-state index in [1.165, 1.54) is 0 Å². The van der Waals surface area contributed by atoms with Gasteiger partial charge in [-0.1, -0.05) is 36.4 Å². The van der Waals surface area contributed by atoms with Gasteiger partial charge >= 0.3 is 0 Å². The van der Waals surface area contributed by atoms with Crippen molar-refractivity contribution in [1.82, 2.24) is 0 Å². The van der Waals surface area contributed by atoms with Crippen molar-refractivity contribution in [3.63, 3.8) is 0 Å². The molecule has 0 bridgehead atoms. The van der Waals surface area contributed by atoms with Gasteiger partial charge in [-0.15, -0.1) is 0 Å². The van der Waals surface area contributed by atoms with Gasteiger partial charge in [0.15, 0.2) is 12.4 Å². The quantitative estimate of drug-likeness (QED) is 0.737. The second-order valence-corrected chi connectivity index (χ2v) is 5.84. The van der Waals surface area contributed by atoms with Crippen LogP contribution in [0.2, 0.25) is 0 Å². The fourth-order valence-electron chi connectivity index (χ4n) is 2.69. The van der Waals surface area contributed by atoms with Gasteiger partial charge in [0.1, 0.15) is 24.1 Å². The lowest BCUT2D eigenvalue weighted by Gasteiger charge is -2.40. The molecule has 23 heavy (non-hydrogen) atoms. The Morgan fingerprint density at radius 3 is 2.52 bits per heavy atom. The molecule has 1 heterocycles. The maximum absolute atomic E-state index is 10.3. The number of hydrogen-bond acceptors (Lipinski definition) is 6. The third kappa shape index (κ3) is 3.35. The first kappa shape index (κ1) is 16.6. The van der Waals surface area contributed by atoms with Gasteiger partial charge in [0.05, 0.1) is 22.9 Å². The molecule has 1 fully saturated rings. The molecule has 0 aliphatic carbocycles. The number of ether oxygens (including phenoxy) is 2. The van der Waals surface area contributed by atoms with Crippen LogP contribution in [0, 0.1) is 0 Å². The van der Waals surface area contributed by atoms with Crippen molar-refractivity contribution in [3.05, 3.63) is 42.5 Å². The van der Waals surface area contributed by atoms with Crippen LogP contribution in [0.25, 0.3) is 10.8 Å². The summed E-state index contributed by atoms with van der Waals surface area (Å²) >= 11 is 2.76. The summed E-state index contributed by atoms with van der Waals surface area (Å²) in [5.74, 6) is 0.497. The third-order valence-corrected chi connectivity index (χ3v) is 4.17. The SMILES string of the molecule is O[C@H]1[C@H](O)[C@@H](COBr)O[C@H](O)[C@H]1Oc1cccc2ccccc12. The van der Waals surface area contributed by atoms with Crippen LogP contribution < -0.4 is 4.74 Å². The number of hydrogen-bond donors (Lipinski definition) is 3. The van der Waals surface area contributed by atoms with Crippen molar-refractivity contribution < 1.29 is 28.6 Å². The van der Waals surface area contributed by atoms with E-state index in [0.29, 0.717) is 5.75 Å². The Labute approximate surface area is 141 Å². The van der Waals surface area contributed by atoms with E-state index in [1.54, 1.807) is 6.07 Å². The zero-order valence-electron chi connectivity index (χ0n) is 12.1. The van der Waals surface area contributed by atoms with Crippen LogP contribution in [0.1, 0.15) is 0 Å². The highest BCUT2D eigenvalue weighted by molar-refractivity contribution is 9.06. The summed E-state index contributed by atoms with van der Waals surface area (Å²) in [5, 5.41) is 32.2. The summed E-state index contributed by atoms with van der Waals surface area (Å²) in [6, 6.07) is 13.1. The highest BCUT2D eigenvalue weighted by atomic mass is 79.9. The van der Waals surface area contributed by atoms with Crippen molar-refractivity contribution in [2.75, 3.05) is 6.61 Å². The van der Waals surface area contributed by atoms with Crippen LogP contribution in [-0.2, 0) is 8.57 Å². The summed E-state index contributed by atoms with van der Waals surface area (Å²) in [4.78, 5) is 0. The van der Waals surface area contributed by atoms with E-state index in [0.717, 1.165) is 10.8 Å². The minimum Gasteiger partial charge on any atom is -0.482 e. The summed E-state index contributed by atoms with van der Waals surface area (Å²) in [6.07, 6.45) is -5.91. The summed E-state index contributed by atoms with van der Waals surface area (Å²) in [7, 11) is 0. The number of aliphatic hydroxyl groups is 3. The fourth-order valence-corrected chi connectivity index (χ4v) is 2.95. The molecule has 1 aliphatic rings. The van der Waals surface area contributed by atoms with Crippen LogP contribution >= 0.6 is 16.3 Å². The van der Waals surface area contributed by atoms with Crippen molar-refractivity contribution in [2.45, 2.75) is 30.7 Å². The highest BCUT2D eigenvalue weighted by Crippen LogP contribution is 2.30. The molecule has 0 amide bonds. The fraction of sp³-hybridized carbons (Fsp3) is 0.375. The monoisotopic (exact) mass is 384 g/mol. The Bertz CT molecular complexity index is 661. The molecule has 6 nitrogen and oxygen atoms in total. The van der Waals surface area contributed by atoms with Crippen LogP contribution in [0.15, 0.2) is 42.5 Å². The van der Waals surface area contributed by atoms with E-state index in [1.807, 2.05) is 36.4 Å². The maximum Gasteiger partial charge on any atom is 0.195 e. The van der Waals surface area contributed by atoms with Crippen LogP contribution in [-0.4, -0.2) is 52.6 Å². The lowest BCUT2D eigenvalue weighted by Crippen LogP contribution is -2.60. The van der Waals surface area contributed by atoms with Crippen LogP contribution in [0.4, 0.5) is 0 Å². The second-order valence-electron chi connectivity index (χ2n) is 5.38. The molecule has 2 aromatic carbocycles. The highest BCUT2D eigenvalue weighted by Gasteiger charge is 2.45. The number of halogens is 1. The van der Waals surface area contributed by atoms with E-state index in [-0.39, 0.29) is 6.61 Å². The number of aliphatic hydroxyl groups excluding tert-OH is 3. The van der Waals surface area contributed by atoms with Gasteiger partial charge in [-0.3, -0.25) is 0 Å². The zero-order valence-corrected chi connectivity index (χ0v) is 13.7. The normalized spacial score (nSPS) is 31.2. The van der Waals surface area contributed by atoms with Gasteiger partial charge in [0.25, 0.3) is 0 Å². The average Bonchev–Trinajstić information content (AvgIpc) is 2.56. The van der Waals surface area contributed by atoms with Gasteiger partial charge in [0, 0.05) is 5.39 Å². The number of benzene rings is 2. The third-order valence-electron chi connectivity index (χ3n) is 3.90. The van der Waals surface area contributed by atoms with E-state index < -0.39 is 30.7 Å². The summed E-state index contributed by atoms with van der Waals surface area (Å²) in [6.45, 7) is -0.0176. The molecule has 1 saturated heterocycles. The van der Waals surface area contributed by atoms with Crippen molar-refractivity contribution in [3.8, 4) is 5.75 Å². The predicted molar refractivity (Wildman–Crippen MR) is 86.1 cm³/mol. The second kappa shape index (κ2) is 7.12. The van der Waals surface area contributed by atoms with Crippen molar-refractivity contribution in [2.24, 2.45) is 0 Å². The Hall–Kier alpha value is -1.22. The van der Waals surface area contributed by atoms with E-state index >= 15 is 0 Å². The minimum atomic E-state index is -1.39. The summed E-state index contributed by atoms with van der Waals surface area (Å²) in [5.41, 5.74) is 0. The van der Waals surface area contributed by atoms with Gasteiger partial charge in [0.2, 0.25) is 0 Å². The Kier molecular flexibility index (Phi) is 5.15. The molecule has 1 aliphatic heterocycles. The van der Waals surface area contributed by atoms with Crippen molar-refractivity contribution >= 4 is 27.0 Å². The molecular weight excluding hydrogens is 368 g/mol. The first-order valence-electron chi connectivity index (χ1n) is 7.19. The molecule has 7 heteroatoms. The van der Waals surface area contributed by atoms with E-state index in [9.17, 15) is 15.3 Å². The number of rotatable bonds is 4. The molecule has 124 valence electrons. The average molecular weight is 385 g/mol. The molecular formula is C16H17BrO6.